The number of hydrogen-bond acceptors (Lipinski definition) is 3. The minimum Gasteiger partial charge on any atom is -0.358 e. The third-order valence-electron chi connectivity index (χ3n) is 3.65. The Kier molecular flexibility index (Phi) is 2.24. The minimum atomic E-state index is -1.69. The summed E-state index contributed by atoms with van der Waals surface area (Å²) in [7, 11) is 1.37. The van der Waals surface area contributed by atoms with Gasteiger partial charge in [-0.2, -0.15) is 0 Å². The summed E-state index contributed by atoms with van der Waals surface area (Å²) in [6.07, 6.45) is 2.17. The predicted molar refractivity (Wildman–Crippen MR) is 62.8 cm³/mol. The average Bonchev–Trinajstić information content (AvgIpc) is 2.36. The summed E-state index contributed by atoms with van der Waals surface area (Å²) in [6.45, 7) is 0.661. The minimum absolute atomic E-state index is 0.238. The number of para-hydroxylation sites is 1. The summed E-state index contributed by atoms with van der Waals surface area (Å²) in [5.41, 5.74) is 3.18. The molecule has 0 aliphatic carbocycles. The molecule has 0 saturated carbocycles. The molecule has 0 radical (unpaired) electrons. The van der Waals surface area contributed by atoms with E-state index in [2.05, 4.69) is 6.07 Å². The molecule has 1 unspecified atom stereocenters. The van der Waals surface area contributed by atoms with Gasteiger partial charge in [-0.1, -0.05) is 18.2 Å². The van der Waals surface area contributed by atoms with E-state index in [1.165, 1.54) is 12.7 Å². The van der Waals surface area contributed by atoms with Gasteiger partial charge in [0.1, 0.15) is 0 Å². The lowest BCUT2D eigenvalue weighted by atomic mass is 9.89. The lowest BCUT2D eigenvalue weighted by Gasteiger charge is -2.41. The summed E-state index contributed by atoms with van der Waals surface area (Å²) >= 11 is 0. The Labute approximate surface area is 99.8 Å². The van der Waals surface area contributed by atoms with Crippen molar-refractivity contribution in [2.24, 2.45) is 0 Å². The monoisotopic (exact) mass is 233 g/mol. The number of hydrogen-bond donors (Lipinski definition) is 1. The van der Waals surface area contributed by atoms with Crippen LogP contribution >= 0.6 is 0 Å². The van der Waals surface area contributed by atoms with E-state index in [-0.39, 0.29) is 12.3 Å². The fraction of sp³-hybridized carbons (Fsp3) is 0.462. The molecule has 1 atom stereocenters. The molecular formula is C13H15NO3. The van der Waals surface area contributed by atoms with Gasteiger partial charge in [0.15, 0.2) is 0 Å². The van der Waals surface area contributed by atoms with Crippen LogP contribution in [0.5, 0.6) is 0 Å². The fourth-order valence-corrected chi connectivity index (χ4v) is 2.78. The summed E-state index contributed by atoms with van der Waals surface area (Å²) in [5, 5.41) is 10.2. The first kappa shape index (κ1) is 10.7. The van der Waals surface area contributed by atoms with Crippen LogP contribution in [-0.2, 0) is 22.4 Å². The second-order valence-electron chi connectivity index (χ2n) is 4.65. The van der Waals surface area contributed by atoms with Gasteiger partial charge in [0.05, 0.1) is 5.69 Å². The van der Waals surface area contributed by atoms with Crippen molar-refractivity contribution in [3.8, 4) is 0 Å². The highest BCUT2D eigenvalue weighted by molar-refractivity contribution is 6.02. The zero-order valence-electron chi connectivity index (χ0n) is 9.77. The molecule has 1 N–H and O–H groups in total. The third-order valence-corrected chi connectivity index (χ3v) is 3.65. The van der Waals surface area contributed by atoms with E-state index >= 15 is 0 Å². The quantitative estimate of drug-likeness (QED) is 0.732. The Morgan fingerprint density at radius 1 is 1.41 bits per heavy atom. The van der Waals surface area contributed by atoms with Gasteiger partial charge in [0, 0.05) is 20.1 Å². The van der Waals surface area contributed by atoms with Gasteiger partial charge in [-0.3, -0.25) is 4.79 Å². The number of aryl methyl sites for hydroxylation is 1. The first-order valence-electron chi connectivity index (χ1n) is 5.86. The van der Waals surface area contributed by atoms with Crippen LogP contribution < -0.4 is 4.90 Å². The molecule has 0 aromatic heterocycles. The van der Waals surface area contributed by atoms with Crippen molar-refractivity contribution in [3.63, 3.8) is 0 Å². The van der Waals surface area contributed by atoms with Gasteiger partial charge in [-0.05, 0) is 24.0 Å². The van der Waals surface area contributed by atoms with Gasteiger partial charge in [0.25, 0.3) is 11.7 Å². The maximum atomic E-state index is 12.2. The molecule has 0 saturated heterocycles. The first-order valence-corrected chi connectivity index (χ1v) is 5.86. The zero-order valence-corrected chi connectivity index (χ0v) is 9.77. The molecule has 2 aliphatic heterocycles. The van der Waals surface area contributed by atoms with Crippen molar-refractivity contribution in [2.45, 2.75) is 25.0 Å². The molecule has 2 heterocycles. The number of anilines is 1. The topological polar surface area (TPSA) is 49.8 Å². The number of aliphatic hydroxyl groups is 1. The molecule has 17 heavy (non-hydrogen) atoms. The SMILES string of the molecule is COC1(O)Cc2cccc3c2N(CCC3)C1=O. The van der Waals surface area contributed by atoms with Crippen LogP contribution in [0.15, 0.2) is 18.2 Å². The lowest BCUT2D eigenvalue weighted by Crippen LogP contribution is -2.56. The number of nitrogens with zero attached hydrogens (tertiary/aromatic N) is 1. The van der Waals surface area contributed by atoms with Crippen LogP contribution in [-0.4, -0.2) is 30.5 Å². The van der Waals surface area contributed by atoms with E-state index in [4.69, 9.17) is 4.74 Å². The molecule has 1 amide bonds. The Morgan fingerprint density at radius 3 is 2.94 bits per heavy atom. The Bertz CT molecular complexity index is 486. The molecular weight excluding hydrogens is 218 g/mol. The van der Waals surface area contributed by atoms with Crippen LogP contribution in [0.1, 0.15) is 17.5 Å². The molecule has 4 nitrogen and oxygen atoms in total. The number of carbonyl (C=O) groups is 1. The van der Waals surface area contributed by atoms with Crippen LogP contribution in [0.25, 0.3) is 0 Å². The number of carbonyl (C=O) groups excluding carboxylic acids is 1. The number of methoxy groups -OCH3 is 1. The molecule has 3 rings (SSSR count). The lowest BCUT2D eigenvalue weighted by molar-refractivity contribution is -0.195. The van der Waals surface area contributed by atoms with E-state index in [0.29, 0.717) is 6.54 Å². The number of rotatable bonds is 1. The number of ether oxygens (including phenoxy) is 1. The van der Waals surface area contributed by atoms with Gasteiger partial charge in [-0.15, -0.1) is 0 Å². The van der Waals surface area contributed by atoms with Crippen LogP contribution in [0.3, 0.4) is 0 Å². The molecule has 1 aromatic rings. The predicted octanol–water partition coefficient (Wildman–Crippen LogP) is 0.857. The van der Waals surface area contributed by atoms with Crippen LogP contribution in [0.4, 0.5) is 5.69 Å². The van der Waals surface area contributed by atoms with E-state index in [0.717, 1.165) is 24.1 Å². The second-order valence-corrected chi connectivity index (χ2v) is 4.65. The van der Waals surface area contributed by atoms with Crippen molar-refractivity contribution in [3.05, 3.63) is 29.3 Å². The van der Waals surface area contributed by atoms with Crippen molar-refractivity contribution in [1.82, 2.24) is 0 Å². The summed E-state index contributed by atoms with van der Waals surface area (Å²) in [6, 6.07) is 5.98. The Hall–Kier alpha value is -1.39. The van der Waals surface area contributed by atoms with Crippen molar-refractivity contribution < 1.29 is 14.6 Å². The van der Waals surface area contributed by atoms with E-state index < -0.39 is 5.79 Å². The Morgan fingerprint density at radius 2 is 2.18 bits per heavy atom. The maximum absolute atomic E-state index is 12.2. The highest BCUT2D eigenvalue weighted by Gasteiger charge is 2.46. The van der Waals surface area contributed by atoms with Crippen molar-refractivity contribution in [1.29, 1.82) is 0 Å². The number of amides is 1. The molecule has 1 aromatic carbocycles. The standard InChI is InChI=1S/C13H15NO3/c1-17-13(16)8-10-5-2-4-9-6-3-7-14(11(9)10)12(13)15/h2,4-5,16H,3,6-8H2,1H3. The van der Waals surface area contributed by atoms with E-state index in [9.17, 15) is 9.90 Å². The molecule has 0 bridgehead atoms. The molecule has 0 fully saturated rings. The van der Waals surface area contributed by atoms with Gasteiger partial charge in [-0.25, -0.2) is 0 Å². The van der Waals surface area contributed by atoms with Gasteiger partial charge < -0.3 is 14.7 Å². The van der Waals surface area contributed by atoms with Crippen LogP contribution in [0.2, 0.25) is 0 Å². The van der Waals surface area contributed by atoms with E-state index in [1.807, 2.05) is 12.1 Å². The highest BCUT2D eigenvalue weighted by atomic mass is 16.6. The fourth-order valence-electron chi connectivity index (χ4n) is 2.78. The smallest absolute Gasteiger partial charge is 0.287 e. The van der Waals surface area contributed by atoms with Gasteiger partial charge in [0.2, 0.25) is 0 Å². The Balaban J connectivity index is 2.18. The number of benzene rings is 1. The summed E-state index contributed by atoms with van der Waals surface area (Å²) in [5.74, 6) is -2.03. The third kappa shape index (κ3) is 1.41. The largest absolute Gasteiger partial charge is 0.358 e. The average molecular weight is 233 g/mol. The van der Waals surface area contributed by atoms with E-state index in [1.54, 1.807) is 4.90 Å². The summed E-state index contributed by atoms with van der Waals surface area (Å²) < 4.78 is 5.01. The van der Waals surface area contributed by atoms with Gasteiger partial charge >= 0.3 is 0 Å². The van der Waals surface area contributed by atoms with Crippen LogP contribution in [0, 0.1) is 0 Å². The summed E-state index contributed by atoms with van der Waals surface area (Å²) in [4.78, 5) is 13.9. The normalized spacial score (nSPS) is 26.9. The molecule has 2 aliphatic rings. The second kappa shape index (κ2) is 3.55. The maximum Gasteiger partial charge on any atom is 0.287 e. The molecule has 4 heteroatoms. The molecule has 0 spiro atoms. The zero-order chi connectivity index (χ0) is 12.0. The highest BCUT2D eigenvalue weighted by Crippen LogP contribution is 2.38. The first-order chi connectivity index (χ1) is 8.15. The van der Waals surface area contributed by atoms with Crippen molar-refractivity contribution in [2.75, 3.05) is 18.6 Å². The van der Waals surface area contributed by atoms with Crippen molar-refractivity contribution >= 4 is 11.6 Å². The molecule has 90 valence electrons.